The molecule has 3 aromatic heterocycles. The smallest absolute Gasteiger partial charge is 0.280 e. The zero-order chi connectivity index (χ0) is 14.1. The van der Waals surface area contributed by atoms with Crippen LogP contribution in [-0.2, 0) is 13.5 Å². The van der Waals surface area contributed by atoms with Gasteiger partial charge in [0.2, 0.25) is 11.7 Å². The van der Waals surface area contributed by atoms with Crippen LogP contribution >= 0.6 is 0 Å². The van der Waals surface area contributed by atoms with Crippen molar-refractivity contribution in [2.45, 2.75) is 12.8 Å². The second-order valence-electron chi connectivity index (χ2n) is 4.04. The third-order valence-corrected chi connectivity index (χ3v) is 2.74. The van der Waals surface area contributed by atoms with E-state index in [4.69, 9.17) is 4.52 Å². The first-order valence-corrected chi connectivity index (χ1v) is 5.63. The number of aromatic nitrogens is 7. The Morgan fingerprint density at radius 3 is 2.95 bits per heavy atom. The molecule has 0 saturated carbocycles. The van der Waals surface area contributed by atoms with Crippen molar-refractivity contribution in [3.8, 4) is 11.4 Å². The Bertz CT molecular complexity index is 717. The Morgan fingerprint density at radius 1 is 1.40 bits per heavy atom. The van der Waals surface area contributed by atoms with Crippen LogP contribution in [0.4, 0.5) is 8.78 Å². The molecular formula is C10H9F2N7O. The number of hydrogen-bond acceptors (Lipinski definition) is 6. The number of hydrogen-bond donors (Lipinski definition) is 1. The van der Waals surface area contributed by atoms with E-state index in [2.05, 4.69) is 30.7 Å². The maximum absolute atomic E-state index is 12.7. The zero-order valence-electron chi connectivity index (χ0n) is 10.3. The van der Waals surface area contributed by atoms with Gasteiger partial charge in [0.15, 0.2) is 0 Å². The van der Waals surface area contributed by atoms with E-state index in [0.29, 0.717) is 6.42 Å². The van der Waals surface area contributed by atoms with Gasteiger partial charge in [-0.05, 0) is 0 Å². The molecule has 3 aromatic rings. The first-order valence-electron chi connectivity index (χ1n) is 5.63. The fourth-order valence-electron chi connectivity index (χ4n) is 1.70. The molecule has 104 valence electrons. The Kier molecular flexibility index (Phi) is 2.97. The third kappa shape index (κ3) is 2.15. The highest BCUT2D eigenvalue weighted by molar-refractivity contribution is 5.56. The van der Waals surface area contributed by atoms with Gasteiger partial charge >= 0.3 is 0 Å². The van der Waals surface area contributed by atoms with Crippen molar-refractivity contribution in [3.05, 3.63) is 29.7 Å². The maximum Gasteiger partial charge on any atom is 0.280 e. The van der Waals surface area contributed by atoms with Gasteiger partial charge in [-0.15, -0.1) is 5.10 Å². The molecule has 0 amide bonds. The quantitative estimate of drug-likeness (QED) is 0.769. The predicted molar refractivity (Wildman–Crippen MR) is 60.6 cm³/mol. The van der Waals surface area contributed by atoms with Gasteiger partial charge < -0.3 is 4.52 Å². The lowest BCUT2D eigenvalue weighted by atomic mass is 10.2. The van der Waals surface area contributed by atoms with Gasteiger partial charge in [0.05, 0.1) is 30.1 Å². The van der Waals surface area contributed by atoms with Crippen LogP contribution in [0.15, 0.2) is 16.9 Å². The van der Waals surface area contributed by atoms with Gasteiger partial charge in [0, 0.05) is 7.05 Å². The molecular weight excluding hydrogens is 272 g/mol. The zero-order valence-corrected chi connectivity index (χ0v) is 10.3. The summed E-state index contributed by atoms with van der Waals surface area (Å²) in [5.74, 6) is 0.353. The standard InChI is InChI=1S/C10H9F2N7O/c1-19-5(3-14-18-19)2-7-15-10(17-20-7)6-4-13-16-8(6)9(11)12/h3-4,9H,2H2,1H3,(H,13,16). The fraction of sp³-hybridized carbons (Fsp3) is 0.300. The van der Waals surface area contributed by atoms with E-state index >= 15 is 0 Å². The molecule has 1 N–H and O–H groups in total. The Balaban J connectivity index is 1.87. The molecule has 3 heterocycles. The average Bonchev–Trinajstić information content (AvgIpc) is 3.11. The van der Waals surface area contributed by atoms with Crippen LogP contribution in [0, 0.1) is 0 Å². The number of aromatic amines is 1. The van der Waals surface area contributed by atoms with Crippen molar-refractivity contribution in [2.24, 2.45) is 7.05 Å². The molecule has 0 aliphatic heterocycles. The number of aryl methyl sites for hydroxylation is 1. The van der Waals surface area contributed by atoms with Crippen molar-refractivity contribution >= 4 is 0 Å². The molecule has 0 bridgehead atoms. The second-order valence-corrected chi connectivity index (χ2v) is 4.04. The van der Waals surface area contributed by atoms with Gasteiger partial charge in [0.1, 0.15) is 5.69 Å². The van der Waals surface area contributed by atoms with Gasteiger partial charge in [-0.3, -0.25) is 9.78 Å². The highest BCUT2D eigenvalue weighted by Crippen LogP contribution is 2.27. The fourth-order valence-corrected chi connectivity index (χ4v) is 1.70. The van der Waals surface area contributed by atoms with Crippen LogP contribution in [0.3, 0.4) is 0 Å². The topological polar surface area (TPSA) is 98.3 Å². The SMILES string of the molecule is Cn1nncc1Cc1nc(-c2cn[nH]c2C(F)F)no1. The number of alkyl halides is 2. The summed E-state index contributed by atoms with van der Waals surface area (Å²) in [6.07, 6.45) is 0.433. The van der Waals surface area contributed by atoms with Crippen LogP contribution in [0.1, 0.15) is 23.7 Å². The molecule has 10 heteroatoms. The summed E-state index contributed by atoms with van der Waals surface area (Å²) >= 11 is 0. The normalized spacial score (nSPS) is 11.4. The van der Waals surface area contributed by atoms with Gasteiger partial charge in [-0.25, -0.2) is 8.78 Å². The lowest BCUT2D eigenvalue weighted by molar-refractivity contribution is 0.146. The third-order valence-electron chi connectivity index (χ3n) is 2.74. The van der Waals surface area contributed by atoms with Crippen molar-refractivity contribution in [1.29, 1.82) is 0 Å². The summed E-state index contributed by atoms with van der Waals surface area (Å²) in [5.41, 5.74) is 0.555. The molecule has 0 radical (unpaired) electrons. The van der Waals surface area contributed by atoms with Crippen molar-refractivity contribution in [2.75, 3.05) is 0 Å². The Labute approximate surface area is 110 Å². The van der Waals surface area contributed by atoms with Crippen LogP contribution in [0.25, 0.3) is 11.4 Å². The predicted octanol–water partition coefficient (Wildman–Crippen LogP) is 1.12. The minimum absolute atomic E-state index is 0.0687. The van der Waals surface area contributed by atoms with Crippen molar-refractivity contribution < 1.29 is 13.3 Å². The van der Waals surface area contributed by atoms with Crippen LogP contribution in [0.2, 0.25) is 0 Å². The molecule has 20 heavy (non-hydrogen) atoms. The minimum atomic E-state index is -2.68. The van der Waals surface area contributed by atoms with Crippen molar-refractivity contribution in [3.63, 3.8) is 0 Å². The summed E-state index contributed by atoms with van der Waals surface area (Å²) in [6, 6.07) is 0. The molecule has 0 fully saturated rings. The summed E-state index contributed by atoms with van der Waals surface area (Å²) in [7, 11) is 1.73. The highest BCUT2D eigenvalue weighted by Gasteiger charge is 2.21. The first-order chi connectivity index (χ1) is 9.65. The van der Waals surface area contributed by atoms with Crippen molar-refractivity contribution in [1.82, 2.24) is 35.3 Å². The van der Waals surface area contributed by atoms with Gasteiger partial charge in [0.25, 0.3) is 6.43 Å². The number of nitrogens with one attached hydrogen (secondary N) is 1. The molecule has 0 unspecified atom stereocenters. The number of nitrogens with zero attached hydrogens (tertiary/aromatic N) is 6. The summed E-state index contributed by atoms with van der Waals surface area (Å²) < 4.78 is 32.1. The summed E-state index contributed by atoms with van der Waals surface area (Å²) in [4.78, 5) is 4.07. The Hall–Kier alpha value is -2.65. The average molecular weight is 281 g/mol. The molecule has 0 spiro atoms. The maximum atomic E-state index is 12.7. The molecule has 8 nitrogen and oxygen atoms in total. The molecule has 0 saturated heterocycles. The van der Waals surface area contributed by atoms with E-state index < -0.39 is 6.43 Å². The van der Waals surface area contributed by atoms with Gasteiger partial charge in [-0.2, -0.15) is 10.1 Å². The number of H-pyrrole nitrogens is 1. The highest BCUT2D eigenvalue weighted by atomic mass is 19.3. The summed E-state index contributed by atoms with van der Waals surface area (Å²) in [5, 5.41) is 17.0. The molecule has 3 rings (SSSR count). The van der Waals surface area contributed by atoms with E-state index in [1.54, 1.807) is 17.9 Å². The van der Waals surface area contributed by atoms with E-state index in [0.717, 1.165) is 5.69 Å². The Morgan fingerprint density at radius 2 is 2.25 bits per heavy atom. The van der Waals surface area contributed by atoms with E-state index in [1.807, 2.05) is 0 Å². The summed E-state index contributed by atoms with van der Waals surface area (Å²) in [6.45, 7) is 0. The number of halogens is 2. The van der Waals surface area contributed by atoms with Gasteiger partial charge in [-0.1, -0.05) is 10.4 Å². The van der Waals surface area contributed by atoms with E-state index in [9.17, 15) is 8.78 Å². The largest absolute Gasteiger partial charge is 0.339 e. The van der Waals surface area contributed by atoms with Crippen LogP contribution < -0.4 is 0 Å². The molecule has 0 aliphatic rings. The second kappa shape index (κ2) is 4.79. The lowest BCUT2D eigenvalue weighted by Crippen LogP contribution is -1.99. The number of rotatable bonds is 4. The molecule has 0 aliphatic carbocycles. The van der Waals surface area contributed by atoms with E-state index in [-0.39, 0.29) is 23.0 Å². The molecule has 0 atom stereocenters. The van der Waals surface area contributed by atoms with Crippen LogP contribution in [0.5, 0.6) is 0 Å². The first kappa shape index (κ1) is 12.4. The lowest BCUT2D eigenvalue weighted by Gasteiger charge is -1.96. The monoisotopic (exact) mass is 281 g/mol. The molecule has 0 aromatic carbocycles. The van der Waals surface area contributed by atoms with Crippen LogP contribution in [-0.4, -0.2) is 35.3 Å². The minimum Gasteiger partial charge on any atom is -0.339 e. The van der Waals surface area contributed by atoms with E-state index in [1.165, 1.54) is 6.20 Å².